The van der Waals surface area contributed by atoms with Crippen molar-refractivity contribution in [2.75, 3.05) is 32.6 Å². The molecule has 1 atom stereocenters. The SMILES string of the molecule is COc1cccc(NC(=O)CN(C)CC(=O)N[C@H](C)c2ccco2)c1. The number of hydrogen-bond donors (Lipinski definition) is 2. The summed E-state index contributed by atoms with van der Waals surface area (Å²) in [6, 6.07) is 10.5. The van der Waals surface area contributed by atoms with E-state index in [0.717, 1.165) is 0 Å². The summed E-state index contributed by atoms with van der Waals surface area (Å²) in [5.74, 6) is 0.965. The average Bonchev–Trinajstić information content (AvgIpc) is 3.09. The van der Waals surface area contributed by atoms with Crippen LogP contribution in [-0.4, -0.2) is 44.0 Å². The van der Waals surface area contributed by atoms with Crippen LogP contribution >= 0.6 is 0 Å². The van der Waals surface area contributed by atoms with Crippen LogP contribution in [0.4, 0.5) is 5.69 Å². The van der Waals surface area contributed by atoms with E-state index in [-0.39, 0.29) is 30.9 Å². The summed E-state index contributed by atoms with van der Waals surface area (Å²) < 4.78 is 10.4. The van der Waals surface area contributed by atoms with Gasteiger partial charge in [-0.2, -0.15) is 0 Å². The minimum atomic E-state index is -0.221. The Balaban J connectivity index is 1.77. The third-order valence-corrected chi connectivity index (χ3v) is 3.53. The van der Waals surface area contributed by atoms with E-state index in [1.54, 1.807) is 61.7 Å². The van der Waals surface area contributed by atoms with Gasteiger partial charge in [0.15, 0.2) is 0 Å². The molecule has 0 bridgehead atoms. The van der Waals surface area contributed by atoms with Crippen LogP contribution in [0.1, 0.15) is 18.7 Å². The van der Waals surface area contributed by atoms with Crippen molar-refractivity contribution in [1.29, 1.82) is 0 Å². The average molecular weight is 345 g/mol. The van der Waals surface area contributed by atoms with Gasteiger partial charge in [-0.3, -0.25) is 14.5 Å². The fourth-order valence-corrected chi connectivity index (χ4v) is 2.34. The Bertz CT molecular complexity index is 700. The second-order valence-corrected chi connectivity index (χ2v) is 5.76. The van der Waals surface area contributed by atoms with Gasteiger partial charge in [0.25, 0.3) is 0 Å². The number of nitrogens with one attached hydrogen (secondary N) is 2. The number of nitrogens with zero attached hydrogens (tertiary/aromatic N) is 1. The Morgan fingerprint density at radius 2 is 1.96 bits per heavy atom. The molecule has 0 aliphatic rings. The number of furan rings is 1. The van der Waals surface area contributed by atoms with Gasteiger partial charge in [-0.05, 0) is 38.2 Å². The molecule has 2 amide bonds. The molecule has 134 valence electrons. The molecule has 1 heterocycles. The monoisotopic (exact) mass is 345 g/mol. The predicted molar refractivity (Wildman–Crippen MR) is 94.4 cm³/mol. The fraction of sp³-hybridized carbons (Fsp3) is 0.333. The summed E-state index contributed by atoms with van der Waals surface area (Å²) >= 11 is 0. The van der Waals surface area contributed by atoms with Gasteiger partial charge in [0.1, 0.15) is 11.5 Å². The topological polar surface area (TPSA) is 83.8 Å². The fourth-order valence-electron chi connectivity index (χ4n) is 2.34. The van der Waals surface area contributed by atoms with E-state index in [9.17, 15) is 9.59 Å². The summed E-state index contributed by atoms with van der Waals surface area (Å²) in [7, 11) is 3.28. The minimum Gasteiger partial charge on any atom is -0.497 e. The zero-order valence-electron chi connectivity index (χ0n) is 14.6. The van der Waals surface area contributed by atoms with Crippen LogP contribution in [0.3, 0.4) is 0 Å². The highest BCUT2D eigenvalue weighted by Crippen LogP contribution is 2.16. The third-order valence-electron chi connectivity index (χ3n) is 3.53. The summed E-state index contributed by atoms with van der Waals surface area (Å²) in [5, 5.41) is 5.61. The number of anilines is 1. The zero-order chi connectivity index (χ0) is 18.2. The highest BCUT2D eigenvalue weighted by Gasteiger charge is 2.15. The maximum absolute atomic E-state index is 12.1. The van der Waals surface area contributed by atoms with E-state index in [0.29, 0.717) is 17.2 Å². The molecule has 0 saturated carbocycles. The lowest BCUT2D eigenvalue weighted by Gasteiger charge is -2.18. The Kier molecular flexibility index (Phi) is 6.59. The normalized spacial score (nSPS) is 11.8. The van der Waals surface area contributed by atoms with E-state index in [2.05, 4.69) is 10.6 Å². The van der Waals surface area contributed by atoms with Crippen LogP contribution in [0, 0.1) is 0 Å². The molecule has 2 N–H and O–H groups in total. The van der Waals surface area contributed by atoms with E-state index in [1.807, 2.05) is 6.92 Å². The molecule has 0 saturated heterocycles. The second kappa shape index (κ2) is 8.89. The number of carbonyl (C=O) groups excluding carboxylic acids is 2. The third kappa shape index (κ3) is 5.96. The highest BCUT2D eigenvalue weighted by atomic mass is 16.5. The number of benzene rings is 1. The lowest BCUT2D eigenvalue weighted by Crippen LogP contribution is -2.39. The Morgan fingerprint density at radius 3 is 2.64 bits per heavy atom. The molecule has 0 unspecified atom stereocenters. The number of hydrogen-bond acceptors (Lipinski definition) is 5. The van der Waals surface area contributed by atoms with Crippen molar-refractivity contribution in [2.45, 2.75) is 13.0 Å². The Morgan fingerprint density at radius 1 is 1.20 bits per heavy atom. The first-order valence-electron chi connectivity index (χ1n) is 7.93. The number of amides is 2. The van der Waals surface area contributed by atoms with Crippen molar-refractivity contribution in [3.05, 3.63) is 48.4 Å². The van der Waals surface area contributed by atoms with Gasteiger partial charge in [0.2, 0.25) is 11.8 Å². The van der Waals surface area contributed by atoms with E-state index in [1.165, 1.54) is 0 Å². The Hall–Kier alpha value is -2.80. The van der Waals surface area contributed by atoms with Gasteiger partial charge >= 0.3 is 0 Å². The largest absolute Gasteiger partial charge is 0.497 e. The van der Waals surface area contributed by atoms with Crippen LogP contribution in [-0.2, 0) is 9.59 Å². The van der Waals surface area contributed by atoms with E-state index >= 15 is 0 Å². The van der Waals surface area contributed by atoms with Gasteiger partial charge in [-0.25, -0.2) is 0 Å². The molecule has 0 spiro atoms. The summed E-state index contributed by atoms with van der Waals surface area (Å²) in [6.07, 6.45) is 1.56. The van der Waals surface area contributed by atoms with E-state index in [4.69, 9.17) is 9.15 Å². The smallest absolute Gasteiger partial charge is 0.238 e. The van der Waals surface area contributed by atoms with Gasteiger partial charge in [0, 0.05) is 11.8 Å². The summed E-state index contributed by atoms with van der Waals surface area (Å²) in [4.78, 5) is 25.8. The molecule has 1 aromatic carbocycles. The first-order chi connectivity index (χ1) is 12.0. The molecule has 7 nitrogen and oxygen atoms in total. The quantitative estimate of drug-likeness (QED) is 0.765. The molecule has 0 aliphatic heterocycles. The van der Waals surface area contributed by atoms with Crippen molar-refractivity contribution in [3.63, 3.8) is 0 Å². The molecule has 1 aromatic heterocycles. The second-order valence-electron chi connectivity index (χ2n) is 5.76. The van der Waals surface area contributed by atoms with Crippen LogP contribution < -0.4 is 15.4 Å². The zero-order valence-corrected chi connectivity index (χ0v) is 14.6. The van der Waals surface area contributed by atoms with Gasteiger partial charge in [-0.15, -0.1) is 0 Å². The van der Waals surface area contributed by atoms with Crippen molar-refractivity contribution >= 4 is 17.5 Å². The lowest BCUT2D eigenvalue weighted by molar-refractivity contribution is -0.123. The van der Waals surface area contributed by atoms with Gasteiger partial charge in [0.05, 0.1) is 32.5 Å². The highest BCUT2D eigenvalue weighted by molar-refractivity contribution is 5.92. The van der Waals surface area contributed by atoms with Crippen molar-refractivity contribution in [1.82, 2.24) is 10.2 Å². The molecule has 2 aromatic rings. The lowest BCUT2D eigenvalue weighted by atomic mass is 10.2. The molecule has 2 rings (SSSR count). The standard InChI is InChI=1S/C18H23N3O4/c1-13(16-8-5-9-25-16)19-17(22)11-21(2)12-18(23)20-14-6-4-7-15(10-14)24-3/h4-10,13H,11-12H2,1-3H3,(H,19,22)(H,20,23)/t13-/m1/s1. The molecule has 0 aliphatic carbocycles. The number of ether oxygens (including phenoxy) is 1. The molecule has 0 radical (unpaired) electrons. The minimum absolute atomic E-state index is 0.0970. The van der Waals surface area contributed by atoms with Crippen LogP contribution in [0.15, 0.2) is 47.1 Å². The van der Waals surface area contributed by atoms with Crippen LogP contribution in [0.25, 0.3) is 0 Å². The number of rotatable bonds is 8. The van der Waals surface area contributed by atoms with Crippen LogP contribution in [0.2, 0.25) is 0 Å². The van der Waals surface area contributed by atoms with Gasteiger partial charge < -0.3 is 19.8 Å². The maximum atomic E-state index is 12.1. The van der Waals surface area contributed by atoms with Crippen molar-refractivity contribution in [3.8, 4) is 5.75 Å². The Labute approximate surface area is 146 Å². The van der Waals surface area contributed by atoms with Crippen molar-refractivity contribution in [2.24, 2.45) is 0 Å². The van der Waals surface area contributed by atoms with Crippen molar-refractivity contribution < 1.29 is 18.7 Å². The predicted octanol–water partition coefficient (Wildman–Crippen LogP) is 2.04. The molecular formula is C18H23N3O4. The van der Waals surface area contributed by atoms with E-state index < -0.39 is 0 Å². The first-order valence-corrected chi connectivity index (χ1v) is 7.93. The number of carbonyl (C=O) groups is 2. The summed E-state index contributed by atoms with van der Waals surface area (Å²) in [6.45, 7) is 2.04. The molecule has 25 heavy (non-hydrogen) atoms. The first kappa shape index (κ1) is 18.5. The summed E-state index contributed by atoms with van der Waals surface area (Å²) in [5.41, 5.74) is 0.647. The number of methoxy groups -OCH3 is 1. The number of likely N-dealkylation sites (N-methyl/N-ethyl adjacent to an activating group) is 1. The molecular weight excluding hydrogens is 322 g/mol. The van der Waals surface area contributed by atoms with Gasteiger partial charge in [-0.1, -0.05) is 6.07 Å². The molecule has 0 fully saturated rings. The maximum Gasteiger partial charge on any atom is 0.238 e. The molecule has 7 heteroatoms. The van der Waals surface area contributed by atoms with Crippen LogP contribution in [0.5, 0.6) is 5.75 Å².